The Balaban J connectivity index is 0.000000124. The monoisotopic (exact) mass is 1840 g/mol. The average molecular weight is 1840 g/mol. The van der Waals surface area contributed by atoms with Gasteiger partial charge in [0.2, 0.25) is 0 Å². The van der Waals surface area contributed by atoms with Crippen molar-refractivity contribution in [1.82, 2.24) is 91.0 Å². The Morgan fingerprint density at radius 3 is 0.839 bits per heavy atom. The molecule has 0 amide bonds. The summed E-state index contributed by atoms with van der Waals surface area (Å²) in [6, 6.07) is 56.6. The molecule has 0 radical (unpaired) electrons. The van der Waals surface area contributed by atoms with Gasteiger partial charge < -0.3 is 26.6 Å². The van der Waals surface area contributed by atoms with Gasteiger partial charge in [-0.1, -0.05) is 191 Å². The molecule has 0 saturated heterocycles. The van der Waals surface area contributed by atoms with Gasteiger partial charge >= 0.3 is 0 Å². The number of aromatic nitrogens is 8. The Kier molecular flexibility index (Phi) is 38.1. The van der Waals surface area contributed by atoms with Crippen LogP contribution in [-0.2, 0) is 96.9 Å². The third-order valence-corrected chi connectivity index (χ3v) is 30.1. The number of nitrogens with zero attached hydrogens (tertiary/aromatic N) is 13. The second-order valence-corrected chi connectivity index (χ2v) is 39.8. The molecule has 20 rings (SSSR count). The molecule has 10 atom stereocenters. The number of hydrogen-bond donors (Lipinski definition) is 5. The van der Waals surface area contributed by atoms with Gasteiger partial charge in [-0.05, 0) is 270 Å². The van der Waals surface area contributed by atoms with E-state index in [1.807, 2.05) is 67.8 Å². The van der Waals surface area contributed by atoms with E-state index in [1.54, 1.807) is 0 Å². The van der Waals surface area contributed by atoms with E-state index in [0.717, 1.165) is 182 Å². The predicted molar refractivity (Wildman–Crippen MR) is 561 cm³/mol. The molecule has 5 N–H and O–H groups in total. The quantitative estimate of drug-likeness (QED) is 0.0268. The molecule has 722 valence electrons. The highest BCUT2D eigenvalue weighted by atomic mass is 15.2. The van der Waals surface area contributed by atoms with Crippen molar-refractivity contribution in [3.63, 3.8) is 0 Å². The third kappa shape index (κ3) is 27.8. The van der Waals surface area contributed by atoms with Crippen molar-refractivity contribution in [2.45, 2.75) is 302 Å². The lowest BCUT2D eigenvalue weighted by Crippen LogP contribution is -2.46. The van der Waals surface area contributed by atoms with Crippen molar-refractivity contribution < 1.29 is 0 Å². The summed E-state index contributed by atoms with van der Waals surface area (Å²) in [4.78, 5) is 51.1. The summed E-state index contributed by atoms with van der Waals surface area (Å²) < 4.78 is 0. The van der Waals surface area contributed by atoms with E-state index in [4.69, 9.17) is 24.9 Å². The van der Waals surface area contributed by atoms with Crippen LogP contribution in [0.15, 0.2) is 255 Å². The van der Waals surface area contributed by atoms with Crippen LogP contribution in [0.2, 0.25) is 0 Å². The molecule has 8 aromatic heterocycles. The molecule has 0 unspecified atom stereocenters. The molecule has 5 aliphatic carbocycles. The highest BCUT2D eigenvalue weighted by molar-refractivity contribution is 5.36. The third-order valence-electron chi connectivity index (χ3n) is 30.1. The summed E-state index contributed by atoms with van der Waals surface area (Å²) in [5.74, 6) is 0. The Morgan fingerprint density at radius 2 is 0.533 bits per heavy atom. The van der Waals surface area contributed by atoms with Crippen LogP contribution in [0, 0.1) is 0 Å². The van der Waals surface area contributed by atoms with E-state index in [-0.39, 0.29) is 0 Å². The first-order chi connectivity index (χ1) is 67.5. The van der Waals surface area contributed by atoms with E-state index in [0.29, 0.717) is 60.4 Å². The summed E-state index contributed by atoms with van der Waals surface area (Å²) in [6.45, 7) is 30.6. The second-order valence-electron chi connectivity index (χ2n) is 39.8. The smallest absolute Gasteiger partial charge is 0.0607 e. The summed E-state index contributed by atoms with van der Waals surface area (Å²) in [5, 5.41) is 18.8. The number of benzene rings is 2. The molecule has 2 aromatic carbocycles. The number of nitrogens with one attached hydrogen (secondary N) is 5. The molecule has 137 heavy (non-hydrogen) atoms. The van der Waals surface area contributed by atoms with Gasteiger partial charge in [-0.2, -0.15) is 0 Å². The molecule has 18 heteroatoms. The number of aryl methyl sites for hydroxylation is 5. The molecule has 10 aromatic rings. The zero-order chi connectivity index (χ0) is 94.1. The maximum Gasteiger partial charge on any atom is 0.0607 e. The van der Waals surface area contributed by atoms with Crippen LogP contribution >= 0.6 is 0 Å². The molecule has 0 spiro atoms. The molecule has 0 saturated carbocycles. The summed E-state index contributed by atoms with van der Waals surface area (Å²) >= 11 is 0. The molecular weight excluding hydrogens is 1680 g/mol. The Morgan fingerprint density at radius 1 is 0.270 bits per heavy atom. The minimum atomic E-state index is 0.420. The topological polar surface area (TPSA) is 179 Å². The van der Waals surface area contributed by atoms with E-state index >= 15 is 0 Å². The highest BCUT2D eigenvalue weighted by Crippen LogP contribution is 2.40. The largest absolute Gasteiger partial charge is 0.308 e. The van der Waals surface area contributed by atoms with E-state index < -0.39 is 0 Å². The number of pyridine rings is 8. The van der Waals surface area contributed by atoms with Gasteiger partial charge in [-0.15, -0.1) is 0 Å². The lowest BCUT2D eigenvalue weighted by Gasteiger charge is -2.38. The first-order valence-electron chi connectivity index (χ1n) is 52.8. The van der Waals surface area contributed by atoms with Crippen molar-refractivity contribution in [2.75, 3.05) is 65.4 Å². The molecule has 13 heterocycles. The average Bonchev–Trinajstić information content (AvgIpc) is 0.812. The second kappa shape index (κ2) is 52.3. The number of rotatable bonds is 30. The van der Waals surface area contributed by atoms with Crippen molar-refractivity contribution >= 4 is 0 Å². The van der Waals surface area contributed by atoms with Gasteiger partial charge in [-0.3, -0.25) is 64.4 Å². The van der Waals surface area contributed by atoms with Crippen molar-refractivity contribution in [2.24, 2.45) is 0 Å². The van der Waals surface area contributed by atoms with Gasteiger partial charge in [0.15, 0.2) is 0 Å². The lowest BCUT2D eigenvalue weighted by molar-refractivity contribution is 0.166. The zero-order valence-electron chi connectivity index (χ0n) is 83.5. The normalized spacial score (nSPS) is 22.0. The SMILES string of the molecule is CC/C(C)=C\CN(C[C@H]1Cc2ccccc2CN1)[C@H]1CCCc2cccnc21.CC/C=C(/C)CN(C[C@H]1Cc2ccccc2CN1)[C@H]1CCCc2cccnc21.CC/C=C/CN(C[C@@H]1Cc2ncccc2CN1)[C@H]1CCCc2cccnc21.CC/C=C\CN(C[C@@H]1Cc2ncccc2CN1)[C@H]1CCCc2cccnc21.CC/C=C\CN(C[C@H]1Cc2ncccc2CN1)[C@H]1CCCc2cccnc21. The van der Waals surface area contributed by atoms with Crippen LogP contribution in [0.4, 0.5) is 0 Å². The van der Waals surface area contributed by atoms with Crippen LogP contribution in [0.3, 0.4) is 0 Å². The first-order valence-corrected chi connectivity index (χ1v) is 52.8. The van der Waals surface area contributed by atoms with Crippen LogP contribution < -0.4 is 26.6 Å². The van der Waals surface area contributed by atoms with E-state index in [2.05, 4.69) is 291 Å². The fourth-order valence-corrected chi connectivity index (χ4v) is 22.8. The fourth-order valence-electron chi connectivity index (χ4n) is 22.8. The number of allylic oxidation sites excluding steroid dienone is 5. The van der Waals surface area contributed by atoms with Gasteiger partial charge in [-0.25, -0.2) is 0 Å². The lowest BCUT2D eigenvalue weighted by atomic mass is 9.89. The molecule has 5 aliphatic heterocycles. The molecule has 0 bridgehead atoms. The van der Waals surface area contributed by atoms with Crippen LogP contribution in [0.25, 0.3) is 0 Å². The Labute approximate surface area is 820 Å². The standard InChI is InChI=1S/2C25H33N3.3C23H30N4/c1-3-19(2)13-15-28(24-12-6-10-20-11-7-14-26-25(20)24)18-23-16-21-8-4-5-9-22(21)17-27-23;1-3-8-19(2)17-28(24-13-6-11-20-12-7-14-26-25(20)24)18-23-15-21-9-4-5-10-22(21)16-27-23;3*1-2-3-4-14-27(22-11-5-8-18-9-6-13-25-23(18)22)17-20-15-21-19(16-26-20)10-7-12-24-21/h4-5,7-9,11,13-14,23-24,27H,3,6,10,12,15-18H2,1-2H3;4-5,7-10,12,14,23-24,27H,3,6,11,13,15-18H2,1-2H3;3*3-4,6-7,9-10,12-13,20,22,26H,2,5,8,11,14-17H2,1H3/b19-13-;19-8-;4-3+;2*4-3-/t2*23-,24+;20-,22-;20-,22+;20-,22-/m11010/s1. The van der Waals surface area contributed by atoms with Crippen LogP contribution in [0.5, 0.6) is 0 Å². The van der Waals surface area contributed by atoms with Crippen molar-refractivity contribution in [1.29, 1.82) is 0 Å². The van der Waals surface area contributed by atoms with Gasteiger partial charge in [0.25, 0.3) is 0 Å². The minimum absolute atomic E-state index is 0.420. The fraction of sp³-hybridized carbons (Fsp3) is 0.479. The summed E-state index contributed by atoms with van der Waals surface area (Å²) in [5.41, 5.74) is 30.4. The molecule has 0 fully saturated rings. The molecular formula is C119H156N18. The van der Waals surface area contributed by atoms with E-state index in [1.165, 1.54) is 201 Å². The first kappa shape index (κ1) is 99.9. The maximum absolute atomic E-state index is 4.82. The Hall–Kier alpha value is -10.1. The zero-order valence-corrected chi connectivity index (χ0v) is 83.5. The maximum atomic E-state index is 4.82. The van der Waals surface area contributed by atoms with Gasteiger partial charge in [0.1, 0.15) is 0 Å². The van der Waals surface area contributed by atoms with Gasteiger partial charge in [0, 0.05) is 214 Å². The van der Waals surface area contributed by atoms with E-state index in [9.17, 15) is 0 Å². The summed E-state index contributed by atoms with van der Waals surface area (Å²) in [7, 11) is 0. The van der Waals surface area contributed by atoms with Crippen LogP contribution in [-0.4, -0.2) is 160 Å². The predicted octanol–water partition coefficient (Wildman–Crippen LogP) is 21.2. The van der Waals surface area contributed by atoms with Crippen molar-refractivity contribution in [3.05, 3.63) is 367 Å². The number of hydrogen-bond acceptors (Lipinski definition) is 18. The molecule has 10 aliphatic rings. The number of fused-ring (bicyclic) bond motifs is 10. The minimum Gasteiger partial charge on any atom is -0.308 e. The van der Waals surface area contributed by atoms with Gasteiger partial charge in [0.05, 0.1) is 58.7 Å². The van der Waals surface area contributed by atoms with Crippen LogP contribution in [0.1, 0.15) is 287 Å². The summed E-state index contributed by atoms with van der Waals surface area (Å²) in [6.07, 6.45) is 63.1. The highest BCUT2D eigenvalue weighted by Gasteiger charge is 2.37. The Bertz CT molecular complexity index is 5260. The molecule has 18 nitrogen and oxygen atoms in total. The van der Waals surface area contributed by atoms with Crippen molar-refractivity contribution in [3.8, 4) is 0 Å².